The molecular weight excluding hydrogens is 474 g/mol. The first-order valence-corrected chi connectivity index (χ1v) is 11.7. The lowest BCUT2D eigenvalue weighted by Gasteiger charge is -2.28. The Balaban J connectivity index is 2.28. The Hall–Kier alpha value is -2.97. The fourth-order valence-corrected chi connectivity index (χ4v) is 5.06. The van der Waals surface area contributed by atoms with Gasteiger partial charge in [0.05, 0.1) is 9.92 Å². The van der Waals surface area contributed by atoms with Crippen LogP contribution in [0.25, 0.3) is 11.1 Å². The third-order valence-electron chi connectivity index (χ3n) is 4.84. The molecule has 0 radical (unpaired) electrons. The van der Waals surface area contributed by atoms with Gasteiger partial charge in [-0.25, -0.2) is 22.0 Å². The molecule has 3 aromatic carbocycles. The number of benzene rings is 3. The molecule has 1 N–H and O–H groups in total. The van der Waals surface area contributed by atoms with Crippen molar-refractivity contribution in [2.24, 2.45) is 5.41 Å². The van der Waals surface area contributed by atoms with Gasteiger partial charge in [0.2, 0.25) is 9.84 Å². The van der Waals surface area contributed by atoms with Crippen molar-refractivity contribution < 1.29 is 31.8 Å². The van der Waals surface area contributed by atoms with Crippen LogP contribution in [-0.4, -0.2) is 25.6 Å². The van der Waals surface area contributed by atoms with Crippen LogP contribution in [-0.2, 0) is 14.6 Å². The summed E-state index contributed by atoms with van der Waals surface area (Å²) in [4.78, 5) is 10.8. The van der Waals surface area contributed by atoms with Gasteiger partial charge in [-0.1, -0.05) is 56.6 Å². The van der Waals surface area contributed by atoms with Crippen LogP contribution >= 0.6 is 11.6 Å². The van der Waals surface area contributed by atoms with Crippen LogP contribution in [0.15, 0.2) is 70.5 Å². The van der Waals surface area contributed by atoms with Crippen molar-refractivity contribution in [1.82, 2.24) is 0 Å². The zero-order valence-corrected chi connectivity index (χ0v) is 19.5. The van der Waals surface area contributed by atoms with Crippen molar-refractivity contribution in [3.63, 3.8) is 0 Å². The standard InChI is InChI=1S/C24H21ClF2O5S/c1-24(2,3)22(23(28)29)32-19-13-21(33(30,31)20-10-5-4-9-17(20)25)18(27)12-16(19)14-7-6-8-15(26)11-14/h4-13,22H,1-3H3,(H,28,29). The number of carbonyl (C=O) groups is 1. The first-order chi connectivity index (χ1) is 15.3. The van der Waals surface area contributed by atoms with Crippen LogP contribution in [0, 0.1) is 17.0 Å². The Kier molecular flexibility index (Phi) is 6.81. The van der Waals surface area contributed by atoms with Crippen molar-refractivity contribution in [1.29, 1.82) is 0 Å². The molecule has 0 amide bonds. The monoisotopic (exact) mass is 494 g/mol. The van der Waals surface area contributed by atoms with Crippen LogP contribution < -0.4 is 4.74 Å². The molecule has 0 saturated heterocycles. The third kappa shape index (κ3) is 5.17. The Bertz CT molecular complexity index is 1320. The fourth-order valence-electron chi connectivity index (χ4n) is 3.23. The van der Waals surface area contributed by atoms with E-state index < -0.39 is 43.9 Å². The molecule has 33 heavy (non-hydrogen) atoms. The number of hydrogen-bond donors (Lipinski definition) is 1. The lowest BCUT2D eigenvalue weighted by Crippen LogP contribution is -2.39. The quantitative estimate of drug-likeness (QED) is 0.455. The highest BCUT2D eigenvalue weighted by Crippen LogP contribution is 2.39. The summed E-state index contributed by atoms with van der Waals surface area (Å²) in [5.41, 5.74) is -0.717. The summed E-state index contributed by atoms with van der Waals surface area (Å²) >= 11 is 6.03. The van der Waals surface area contributed by atoms with Crippen molar-refractivity contribution in [2.45, 2.75) is 36.7 Å². The van der Waals surface area contributed by atoms with E-state index in [0.29, 0.717) is 0 Å². The summed E-state index contributed by atoms with van der Waals surface area (Å²) in [5.74, 6) is -3.26. The van der Waals surface area contributed by atoms with Gasteiger partial charge in [-0.2, -0.15) is 0 Å². The lowest BCUT2D eigenvalue weighted by atomic mass is 9.89. The molecule has 0 aliphatic heterocycles. The van der Waals surface area contributed by atoms with Crippen molar-refractivity contribution in [3.8, 4) is 16.9 Å². The molecule has 0 aliphatic carbocycles. The normalized spacial score (nSPS) is 12.9. The summed E-state index contributed by atoms with van der Waals surface area (Å²) in [5, 5.41) is 9.57. The van der Waals surface area contributed by atoms with Crippen molar-refractivity contribution in [3.05, 3.63) is 77.3 Å². The van der Waals surface area contributed by atoms with Gasteiger partial charge in [0.15, 0.2) is 6.10 Å². The smallest absolute Gasteiger partial charge is 0.345 e. The minimum atomic E-state index is -4.43. The summed E-state index contributed by atoms with van der Waals surface area (Å²) in [6, 6.07) is 12.5. The number of carboxylic acids is 1. The molecule has 9 heteroatoms. The highest BCUT2D eigenvalue weighted by Gasteiger charge is 2.35. The number of sulfone groups is 1. The number of ether oxygens (including phenoxy) is 1. The van der Waals surface area contributed by atoms with E-state index in [1.165, 1.54) is 42.5 Å². The molecule has 3 aromatic rings. The van der Waals surface area contributed by atoms with E-state index in [1.807, 2.05) is 0 Å². The number of hydrogen-bond acceptors (Lipinski definition) is 4. The minimum Gasteiger partial charge on any atom is -0.478 e. The maximum absolute atomic E-state index is 15.2. The van der Waals surface area contributed by atoms with Crippen molar-refractivity contribution >= 4 is 27.4 Å². The molecule has 0 fully saturated rings. The zero-order chi connectivity index (χ0) is 24.6. The number of halogens is 3. The molecule has 5 nitrogen and oxygen atoms in total. The second-order valence-electron chi connectivity index (χ2n) is 8.43. The van der Waals surface area contributed by atoms with E-state index in [4.69, 9.17) is 16.3 Å². The zero-order valence-electron chi connectivity index (χ0n) is 18.0. The van der Waals surface area contributed by atoms with Gasteiger partial charge < -0.3 is 9.84 Å². The molecule has 1 atom stereocenters. The highest BCUT2D eigenvalue weighted by molar-refractivity contribution is 7.91. The first kappa shape index (κ1) is 24.7. The largest absolute Gasteiger partial charge is 0.478 e. The summed E-state index contributed by atoms with van der Waals surface area (Å²) < 4.78 is 61.1. The average molecular weight is 495 g/mol. The van der Waals surface area contributed by atoms with Crippen LogP contribution in [0.2, 0.25) is 5.02 Å². The number of carboxylic acid groups (broad SMARTS) is 1. The van der Waals surface area contributed by atoms with E-state index in [2.05, 4.69) is 0 Å². The Labute approximate surface area is 195 Å². The third-order valence-corrected chi connectivity index (χ3v) is 7.11. The second kappa shape index (κ2) is 9.11. The van der Waals surface area contributed by atoms with E-state index >= 15 is 4.39 Å². The maximum atomic E-state index is 15.2. The highest BCUT2D eigenvalue weighted by atomic mass is 35.5. The summed E-state index contributed by atoms with van der Waals surface area (Å²) in [6.07, 6.45) is -1.41. The average Bonchev–Trinajstić information content (AvgIpc) is 2.71. The van der Waals surface area contributed by atoms with Crippen LogP contribution in [0.5, 0.6) is 5.75 Å². The van der Waals surface area contributed by atoms with E-state index in [1.54, 1.807) is 20.8 Å². The van der Waals surface area contributed by atoms with Crippen LogP contribution in [0.4, 0.5) is 8.78 Å². The van der Waals surface area contributed by atoms with Gasteiger partial charge in [-0.05, 0) is 35.9 Å². The van der Waals surface area contributed by atoms with E-state index in [-0.39, 0.29) is 26.8 Å². The molecule has 3 rings (SSSR count). The van der Waals surface area contributed by atoms with Crippen LogP contribution in [0.3, 0.4) is 0 Å². The fraction of sp³-hybridized carbons (Fsp3) is 0.208. The van der Waals surface area contributed by atoms with Crippen LogP contribution in [0.1, 0.15) is 20.8 Å². The van der Waals surface area contributed by atoms with Gasteiger partial charge in [-0.3, -0.25) is 0 Å². The molecule has 0 bridgehead atoms. The predicted octanol–water partition coefficient (Wildman–Crippen LogP) is 6.00. The second-order valence-corrected chi connectivity index (χ2v) is 10.7. The van der Waals surface area contributed by atoms with E-state index in [9.17, 15) is 22.7 Å². The Morgan fingerprint density at radius 3 is 2.24 bits per heavy atom. The van der Waals surface area contributed by atoms with Gasteiger partial charge in [0, 0.05) is 17.0 Å². The Morgan fingerprint density at radius 2 is 1.67 bits per heavy atom. The lowest BCUT2D eigenvalue weighted by molar-refractivity contribution is -0.150. The molecule has 0 saturated carbocycles. The SMILES string of the molecule is CC(C)(C)C(Oc1cc(S(=O)(=O)c2ccccc2Cl)c(F)cc1-c1cccc(F)c1)C(=O)O. The maximum Gasteiger partial charge on any atom is 0.345 e. The molecule has 0 spiro atoms. The molecular formula is C24H21ClF2O5S. The van der Waals surface area contributed by atoms with Gasteiger partial charge in [0.1, 0.15) is 22.3 Å². The molecule has 0 heterocycles. The number of aliphatic carboxylic acids is 1. The Morgan fingerprint density at radius 1 is 1.00 bits per heavy atom. The predicted molar refractivity (Wildman–Crippen MR) is 120 cm³/mol. The van der Waals surface area contributed by atoms with E-state index in [0.717, 1.165) is 18.2 Å². The number of rotatable bonds is 6. The summed E-state index contributed by atoms with van der Waals surface area (Å²) in [7, 11) is -4.43. The summed E-state index contributed by atoms with van der Waals surface area (Å²) in [6.45, 7) is 4.87. The van der Waals surface area contributed by atoms with Gasteiger partial charge in [0.25, 0.3) is 0 Å². The van der Waals surface area contributed by atoms with Gasteiger partial charge >= 0.3 is 5.97 Å². The first-order valence-electron chi connectivity index (χ1n) is 9.81. The van der Waals surface area contributed by atoms with Crippen molar-refractivity contribution in [2.75, 3.05) is 0 Å². The molecule has 174 valence electrons. The molecule has 1 unspecified atom stereocenters. The minimum absolute atomic E-state index is 0.000564. The molecule has 0 aromatic heterocycles. The topological polar surface area (TPSA) is 80.7 Å². The molecule has 0 aliphatic rings. The van der Waals surface area contributed by atoms with Gasteiger partial charge in [-0.15, -0.1) is 0 Å².